The monoisotopic (exact) mass is 316 g/mol. The molecule has 0 bridgehead atoms. The summed E-state index contributed by atoms with van der Waals surface area (Å²) in [5, 5.41) is 11.2. The number of H-pyrrole nitrogens is 1. The Morgan fingerprint density at radius 3 is 2.87 bits per heavy atom. The van der Waals surface area contributed by atoms with Gasteiger partial charge in [0.2, 0.25) is 5.91 Å². The predicted molar refractivity (Wildman–Crippen MR) is 86.8 cm³/mol. The number of nitrogens with zero attached hydrogens (tertiary/aromatic N) is 3. The summed E-state index contributed by atoms with van der Waals surface area (Å²) in [4.78, 5) is 14.5. The third-order valence-corrected chi connectivity index (χ3v) is 4.32. The molecule has 0 saturated carbocycles. The first kappa shape index (κ1) is 15.8. The molecule has 0 aliphatic carbocycles. The lowest BCUT2D eigenvalue weighted by Crippen LogP contribution is -2.44. The van der Waals surface area contributed by atoms with Crippen molar-refractivity contribution >= 4 is 5.91 Å². The van der Waals surface area contributed by atoms with E-state index in [1.165, 1.54) is 0 Å². The van der Waals surface area contributed by atoms with Crippen LogP contribution in [0.2, 0.25) is 0 Å². The van der Waals surface area contributed by atoms with E-state index < -0.39 is 0 Å². The van der Waals surface area contributed by atoms with Crippen molar-refractivity contribution in [1.29, 1.82) is 0 Å². The zero-order valence-corrected chi connectivity index (χ0v) is 14.2. The molecule has 0 spiro atoms. The molecule has 1 unspecified atom stereocenters. The molecular formula is C17H24N4O2. The van der Waals surface area contributed by atoms with E-state index in [1.54, 1.807) is 6.20 Å². The van der Waals surface area contributed by atoms with Crippen LogP contribution in [0, 0.1) is 12.3 Å². The molecule has 1 N–H and O–H groups in total. The summed E-state index contributed by atoms with van der Waals surface area (Å²) in [6, 6.07) is 1.91. The largest absolute Gasteiger partial charge is 0.356 e. The average molecular weight is 316 g/mol. The molecule has 0 radical (unpaired) electrons. The number of aromatic nitrogens is 3. The number of aryl methyl sites for hydroxylation is 1. The number of piperidine rings is 1. The number of rotatable bonds is 2. The van der Waals surface area contributed by atoms with Crippen LogP contribution in [-0.4, -0.2) is 39.3 Å². The fourth-order valence-corrected chi connectivity index (χ4v) is 3.17. The molecule has 1 amide bonds. The van der Waals surface area contributed by atoms with Crippen LogP contribution in [0.15, 0.2) is 16.8 Å². The Hall–Kier alpha value is -2.11. The van der Waals surface area contributed by atoms with Gasteiger partial charge in [-0.25, -0.2) is 0 Å². The van der Waals surface area contributed by atoms with E-state index in [1.807, 2.05) is 38.7 Å². The highest BCUT2D eigenvalue weighted by molar-refractivity contribution is 5.81. The van der Waals surface area contributed by atoms with Gasteiger partial charge in [0.25, 0.3) is 0 Å². The number of aromatic amines is 1. The van der Waals surface area contributed by atoms with Crippen molar-refractivity contribution in [1.82, 2.24) is 20.3 Å². The highest BCUT2D eigenvalue weighted by Crippen LogP contribution is 2.34. The summed E-state index contributed by atoms with van der Waals surface area (Å²) < 4.78 is 5.38. The second-order valence-corrected chi connectivity index (χ2v) is 7.37. The number of amides is 1. The number of nitrogens with one attached hydrogen (secondary N) is 1. The minimum absolute atomic E-state index is 0.207. The lowest BCUT2D eigenvalue weighted by atomic mass is 9.88. The molecule has 1 saturated heterocycles. The van der Waals surface area contributed by atoms with Crippen molar-refractivity contribution in [2.45, 2.75) is 46.5 Å². The summed E-state index contributed by atoms with van der Waals surface area (Å²) in [5.74, 6) is 1.18. The summed E-state index contributed by atoms with van der Waals surface area (Å²) in [5.41, 5.74) is 2.48. The molecule has 3 rings (SSSR count). The normalized spacial score (nSPS) is 19.1. The van der Waals surface area contributed by atoms with Crippen molar-refractivity contribution in [3.05, 3.63) is 23.7 Å². The topological polar surface area (TPSA) is 75.0 Å². The second kappa shape index (κ2) is 5.83. The maximum Gasteiger partial charge on any atom is 0.227 e. The SMILES string of the molecule is Cc1cc(-c2cn[nH]c2C2CCCN(C(=O)C(C)(C)C)C2)on1. The van der Waals surface area contributed by atoms with Crippen LogP contribution < -0.4 is 0 Å². The number of carbonyl (C=O) groups is 1. The van der Waals surface area contributed by atoms with E-state index in [-0.39, 0.29) is 17.2 Å². The molecule has 1 fully saturated rings. The Balaban J connectivity index is 1.83. The van der Waals surface area contributed by atoms with Crippen LogP contribution in [0.3, 0.4) is 0 Å². The van der Waals surface area contributed by atoms with Gasteiger partial charge in [-0.15, -0.1) is 0 Å². The fraction of sp³-hybridized carbons (Fsp3) is 0.588. The van der Waals surface area contributed by atoms with Crippen LogP contribution >= 0.6 is 0 Å². The fourth-order valence-electron chi connectivity index (χ4n) is 3.17. The van der Waals surface area contributed by atoms with Gasteiger partial charge < -0.3 is 9.42 Å². The number of likely N-dealkylation sites (tertiary alicyclic amines) is 1. The zero-order chi connectivity index (χ0) is 16.6. The standard InChI is InChI=1S/C17H24N4O2/c1-11-8-14(23-20-11)13-9-18-19-15(13)12-6-5-7-21(10-12)16(22)17(2,3)4/h8-9,12H,5-7,10H2,1-4H3,(H,18,19). The Morgan fingerprint density at radius 2 is 2.22 bits per heavy atom. The molecule has 2 aromatic heterocycles. The number of hydrogen-bond acceptors (Lipinski definition) is 4. The number of carbonyl (C=O) groups excluding carboxylic acids is 1. The van der Waals surface area contributed by atoms with Gasteiger partial charge in [0.15, 0.2) is 5.76 Å². The summed E-state index contributed by atoms with van der Waals surface area (Å²) in [6.07, 6.45) is 3.82. The molecule has 1 aliphatic heterocycles. The lowest BCUT2D eigenvalue weighted by molar-refractivity contribution is -0.140. The van der Waals surface area contributed by atoms with E-state index in [4.69, 9.17) is 4.52 Å². The van der Waals surface area contributed by atoms with Gasteiger partial charge in [-0.05, 0) is 19.8 Å². The van der Waals surface area contributed by atoms with Gasteiger partial charge >= 0.3 is 0 Å². The van der Waals surface area contributed by atoms with Gasteiger partial charge in [-0.2, -0.15) is 5.10 Å². The molecule has 124 valence electrons. The Kier molecular flexibility index (Phi) is 4.00. The third-order valence-electron chi connectivity index (χ3n) is 4.32. The molecule has 1 aliphatic rings. The van der Waals surface area contributed by atoms with E-state index in [0.29, 0.717) is 0 Å². The first-order valence-corrected chi connectivity index (χ1v) is 8.12. The second-order valence-electron chi connectivity index (χ2n) is 7.37. The maximum atomic E-state index is 12.6. The molecule has 6 heteroatoms. The first-order chi connectivity index (χ1) is 10.9. The summed E-state index contributed by atoms with van der Waals surface area (Å²) >= 11 is 0. The van der Waals surface area contributed by atoms with Gasteiger partial charge in [0.05, 0.1) is 23.1 Å². The summed E-state index contributed by atoms with van der Waals surface area (Å²) in [7, 11) is 0. The predicted octanol–water partition coefficient (Wildman–Crippen LogP) is 3.13. The molecule has 2 aromatic rings. The van der Waals surface area contributed by atoms with Crippen molar-refractivity contribution in [3.8, 4) is 11.3 Å². The minimum Gasteiger partial charge on any atom is -0.356 e. The average Bonchev–Trinajstić information content (AvgIpc) is 3.14. The first-order valence-electron chi connectivity index (χ1n) is 8.12. The van der Waals surface area contributed by atoms with E-state index >= 15 is 0 Å². The van der Waals surface area contributed by atoms with E-state index in [0.717, 1.165) is 48.6 Å². The van der Waals surface area contributed by atoms with Crippen molar-refractivity contribution in [2.24, 2.45) is 5.41 Å². The van der Waals surface area contributed by atoms with E-state index in [9.17, 15) is 4.79 Å². The molecule has 23 heavy (non-hydrogen) atoms. The van der Waals surface area contributed by atoms with Gasteiger partial charge in [-0.3, -0.25) is 9.89 Å². The van der Waals surface area contributed by atoms with Gasteiger partial charge in [0.1, 0.15) is 0 Å². The van der Waals surface area contributed by atoms with Gasteiger partial charge in [-0.1, -0.05) is 25.9 Å². The van der Waals surface area contributed by atoms with Crippen LogP contribution in [0.4, 0.5) is 0 Å². The highest BCUT2D eigenvalue weighted by atomic mass is 16.5. The molecule has 0 aromatic carbocycles. The molecule has 1 atom stereocenters. The van der Waals surface area contributed by atoms with Crippen LogP contribution in [-0.2, 0) is 4.79 Å². The lowest BCUT2D eigenvalue weighted by Gasteiger charge is -2.36. The van der Waals surface area contributed by atoms with E-state index in [2.05, 4.69) is 15.4 Å². The van der Waals surface area contributed by atoms with Crippen molar-refractivity contribution in [2.75, 3.05) is 13.1 Å². The van der Waals surface area contributed by atoms with Crippen LogP contribution in [0.5, 0.6) is 0 Å². The molecule has 6 nitrogen and oxygen atoms in total. The summed E-state index contributed by atoms with van der Waals surface area (Å²) in [6.45, 7) is 9.36. The van der Waals surface area contributed by atoms with Gasteiger partial charge in [0, 0.05) is 30.5 Å². The Morgan fingerprint density at radius 1 is 1.43 bits per heavy atom. The molecular weight excluding hydrogens is 292 g/mol. The van der Waals surface area contributed by atoms with Crippen LogP contribution in [0.1, 0.15) is 50.9 Å². The molecule has 3 heterocycles. The third kappa shape index (κ3) is 3.16. The number of hydrogen-bond donors (Lipinski definition) is 1. The maximum absolute atomic E-state index is 12.6. The smallest absolute Gasteiger partial charge is 0.227 e. The van der Waals surface area contributed by atoms with Crippen LogP contribution in [0.25, 0.3) is 11.3 Å². The quantitative estimate of drug-likeness (QED) is 0.923. The minimum atomic E-state index is -0.346. The van der Waals surface area contributed by atoms with Crippen molar-refractivity contribution in [3.63, 3.8) is 0 Å². The Bertz CT molecular complexity index is 696. The van der Waals surface area contributed by atoms with Crippen molar-refractivity contribution < 1.29 is 9.32 Å². The Labute approximate surface area is 136 Å². The zero-order valence-electron chi connectivity index (χ0n) is 14.2. The highest BCUT2D eigenvalue weighted by Gasteiger charge is 2.33.